The summed E-state index contributed by atoms with van der Waals surface area (Å²) in [4.78, 5) is 39.0. The number of amides is 4. The van der Waals surface area contributed by atoms with Gasteiger partial charge in [-0.15, -0.1) is 0 Å². The molecule has 1 N–H and O–H groups in total. The molecule has 0 bridgehead atoms. The first-order chi connectivity index (χ1) is 16.8. The Morgan fingerprint density at radius 2 is 1.66 bits per heavy atom. The highest BCUT2D eigenvalue weighted by molar-refractivity contribution is 14.1. The number of hydrogen-bond donors (Lipinski definition) is 1. The molecule has 0 saturated carbocycles. The summed E-state index contributed by atoms with van der Waals surface area (Å²) in [6.45, 7) is 0.339. The first kappa shape index (κ1) is 25.4. The maximum atomic E-state index is 13.1. The quantitative estimate of drug-likeness (QED) is 0.191. The molecule has 0 atom stereocenters. The Labute approximate surface area is 231 Å². The van der Waals surface area contributed by atoms with Crippen LogP contribution in [0.3, 0.4) is 0 Å². The van der Waals surface area contributed by atoms with Crippen molar-refractivity contribution in [3.8, 4) is 11.5 Å². The highest BCUT2D eigenvalue weighted by Crippen LogP contribution is 2.36. The Hall–Kier alpha value is -2.70. The number of carbonyl (C=O) groups excluding carboxylic acids is 3. The summed E-state index contributed by atoms with van der Waals surface area (Å²) in [6.07, 6.45) is 1.41. The Kier molecular flexibility index (Phi) is 7.92. The summed E-state index contributed by atoms with van der Waals surface area (Å²) in [7, 11) is 1.50. The number of nitrogens with one attached hydrogen (secondary N) is 1. The summed E-state index contributed by atoms with van der Waals surface area (Å²) in [6, 6.07) is 17.1. The van der Waals surface area contributed by atoms with Gasteiger partial charge in [-0.3, -0.25) is 14.9 Å². The number of halogens is 3. The van der Waals surface area contributed by atoms with Gasteiger partial charge in [-0.2, -0.15) is 0 Å². The van der Waals surface area contributed by atoms with Crippen molar-refractivity contribution < 1.29 is 23.9 Å². The van der Waals surface area contributed by atoms with Crippen molar-refractivity contribution in [3.63, 3.8) is 0 Å². The minimum Gasteiger partial charge on any atom is -0.493 e. The molecule has 1 aliphatic rings. The predicted octanol–water partition coefficient (Wildman–Crippen LogP) is 6.07. The zero-order valence-electron chi connectivity index (χ0n) is 18.2. The Balaban J connectivity index is 1.63. The van der Waals surface area contributed by atoms with Crippen LogP contribution in [0.5, 0.6) is 11.5 Å². The number of benzene rings is 3. The second kappa shape index (κ2) is 10.9. The molecule has 0 aliphatic carbocycles. The first-order valence-corrected chi connectivity index (χ1v) is 12.8. The molecule has 0 radical (unpaired) electrons. The normalized spacial score (nSPS) is 14.8. The zero-order valence-corrected chi connectivity index (χ0v) is 23.5. The van der Waals surface area contributed by atoms with E-state index in [-0.39, 0.29) is 5.57 Å². The molecule has 1 heterocycles. The van der Waals surface area contributed by atoms with Gasteiger partial charge in [0.25, 0.3) is 11.8 Å². The number of imide groups is 2. The van der Waals surface area contributed by atoms with Gasteiger partial charge in [-0.25, -0.2) is 9.69 Å². The van der Waals surface area contributed by atoms with Crippen molar-refractivity contribution in [1.29, 1.82) is 0 Å². The van der Waals surface area contributed by atoms with Crippen LogP contribution in [0.4, 0.5) is 10.5 Å². The van der Waals surface area contributed by atoms with Gasteiger partial charge >= 0.3 is 6.03 Å². The number of urea groups is 1. The van der Waals surface area contributed by atoms with Gasteiger partial charge in [0.05, 0.1) is 12.8 Å². The fourth-order valence-corrected chi connectivity index (χ4v) is 4.37. The van der Waals surface area contributed by atoms with E-state index in [1.807, 2.05) is 24.3 Å². The summed E-state index contributed by atoms with van der Waals surface area (Å²) in [5.41, 5.74) is 1.65. The fraction of sp³-hybridized carbons (Fsp3) is 0.0800. The van der Waals surface area contributed by atoms with Crippen LogP contribution in [-0.2, 0) is 16.2 Å². The van der Waals surface area contributed by atoms with Crippen LogP contribution in [0.2, 0.25) is 0 Å². The van der Waals surface area contributed by atoms with Crippen molar-refractivity contribution in [1.82, 2.24) is 5.32 Å². The van der Waals surface area contributed by atoms with E-state index in [2.05, 4.69) is 59.8 Å². The Bertz CT molecular complexity index is 1340. The van der Waals surface area contributed by atoms with Gasteiger partial charge in [0.2, 0.25) is 0 Å². The third-order valence-electron chi connectivity index (χ3n) is 5.08. The molecule has 3 aromatic rings. The van der Waals surface area contributed by atoms with Crippen LogP contribution >= 0.6 is 54.5 Å². The third kappa shape index (κ3) is 5.76. The highest BCUT2D eigenvalue weighted by Gasteiger charge is 2.37. The van der Waals surface area contributed by atoms with Crippen LogP contribution in [0, 0.1) is 3.57 Å². The van der Waals surface area contributed by atoms with E-state index in [4.69, 9.17) is 9.47 Å². The van der Waals surface area contributed by atoms with E-state index in [1.165, 1.54) is 13.2 Å². The summed E-state index contributed by atoms with van der Waals surface area (Å²) in [5.74, 6) is -0.592. The SMILES string of the molecule is COc1cc(/C=C2\C(=O)NC(=O)N(c3ccc(Br)cc3)C2=O)c(Br)cc1OCc1ccc(I)cc1. The van der Waals surface area contributed by atoms with E-state index in [9.17, 15) is 14.4 Å². The molecule has 0 spiro atoms. The molecule has 35 heavy (non-hydrogen) atoms. The Morgan fingerprint density at radius 3 is 2.31 bits per heavy atom. The smallest absolute Gasteiger partial charge is 0.335 e. The van der Waals surface area contributed by atoms with Crippen LogP contribution < -0.4 is 19.7 Å². The van der Waals surface area contributed by atoms with E-state index in [1.54, 1.807) is 36.4 Å². The van der Waals surface area contributed by atoms with Crippen molar-refractivity contribution in [2.24, 2.45) is 0 Å². The number of ether oxygens (including phenoxy) is 2. The highest BCUT2D eigenvalue weighted by atomic mass is 127. The molecule has 7 nitrogen and oxygen atoms in total. The lowest BCUT2D eigenvalue weighted by Crippen LogP contribution is -2.54. The van der Waals surface area contributed by atoms with Crippen molar-refractivity contribution in [3.05, 3.63) is 89.9 Å². The molecule has 10 heteroatoms. The summed E-state index contributed by atoms with van der Waals surface area (Å²) in [5, 5.41) is 2.22. The summed E-state index contributed by atoms with van der Waals surface area (Å²) >= 11 is 9.04. The average molecular weight is 712 g/mol. The van der Waals surface area contributed by atoms with Crippen LogP contribution in [0.25, 0.3) is 6.08 Å². The van der Waals surface area contributed by atoms with Gasteiger partial charge in [0, 0.05) is 12.5 Å². The zero-order chi connectivity index (χ0) is 25.1. The number of nitrogens with zero attached hydrogens (tertiary/aromatic N) is 1. The number of rotatable bonds is 6. The van der Waals surface area contributed by atoms with Gasteiger partial charge in [-0.05, 0) is 88.3 Å². The average Bonchev–Trinajstić information content (AvgIpc) is 2.83. The first-order valence-electron chi connectivity index (χ1n) is 10.2. The minimum atomic E-state index is -0.810. The molecule has 0 aromatic heterocycles. The Morgan fingerprint density at radius 1 is 0.971 bits per heavy atom. The number of methoxy groups -OCH3 is 1. The lowest BCUT2D eigenvalue weighted by molar-refractivity contribution is -0.122. The van der Waals surface area contributed by atoms with Crippen LogP contribution in [-0.4, -0.2) is 25.0 Å². The number of barbiturate groups is 1. The van der Waals surface area contributed by atoms with E-state index >= 15 is 0 Å². The van der Waals surface area contributed by atoms with Gasteiger partial charge in [0.15, 0.2) is 11.5 Å². The second-order valence-electron chi connectivity index (χ2n) is 7.37. The van der Waals surface area contributed by atoms with E-state index in [0.717, 1.165) is 18.5 Å². The monoisotopic (exact) mass is 710 g/mol. The molecular weight excluding hydrogens is 695 g/mol. The molecular formula is C25H17Br2IN2O5. The van der Waals surface area contributed by atoms with E-state index in [0.29, 0.717) is 33.8 Å². The molecule has 4 rings (SSSR count). The topological polar surface area (TPSA) is 84.9 Å². The second-order valence-corrected chi connectivity index (χ2v) is 10.4. The van der Waals surface area contributed by atoms with E-state index < -0.39 is 17.8 Å². The maximum Gasteiger partial charge on any atom is 0.335 e. The largest absolute Gasteiger partial charge is 0.493 e. The number of anilines is 1. The standard InChI is InChI=1S/C25H17Br2IN2O5/c1-34-21-11-15(20(27)12-22(21)35-13-14-2-6-17(28)7-3-14)10-19-23(31)29-25(33)30(24(19)32)18-8-4-16(26)5-9-18/h2-12H,13H2,1H3,(H,29,31,33)/b19-10+. The van der Waals surface area contributed by atoms with Crippen molar-refractivity contribution in [2.45, 2.75) is 6.61 Å². The third-order valence-corrected chi connectivity index (χ3v) is 7.01. The molecule has 3 aromatic carbocycles. The number of hydrogen-bond acceptors (Lipinski definition) is 5. The van der Waals surface area contributed by atoms with Crippen molar-refractivity contribution >= 4 is 84.1 Å². The maximum absolute atomic E-state index is 13.1. The fourth-order valence-electron chi connectivity index (χ4n) is 3.31. The predicted molar refractivity (Wildman–Crippen MR) is 147 cm³/mol. The van der Waals surface area contributed by atoms with Crippen LogP contribution in [0.1, 0.15) is 11.1 Å². The molecule has 0 unspecified atom stereocenters. The lowest BCUT2D eigenvalue weighted by atomic mass is 10.1. The van der Waals surface area contributed by atoms with Gasteiger partial charge < -0.3 is 9.47 Å². The van der Waals surface area contributed by atoms with Crippen molar-refractivity contribution in [2.75, 3.05) is 12.0 Å². The minimum absolute atomic E-state index is 0.192. The number of carbonyl (C=O) groups is 3. The summed E-state index contributed by atoms with van der Waals surface area (Å²) < 4.78 is 13.9. The molecule has 4 amide bonds. The van der Waals surface area contributed by atoms with Crippen LogP contribution in [0.15, 0.2) is 75.2 Å². The van der Waals surface area contributed by atoms with Gasteiger partial charge in [-0.1, -0.05) is 44.0 Å². The molecule has 1 saturated heterocycles. The molecule has 178 valence electrons. The lowest BCUT2D eigenvalue weighted by Gasteiger charge is -2.26. The molecule has 1 aliphatic heterocycles. The molecule has 1 fully saturated rings. The van der Waals surface area contributed by atoms with Gasteiger partial charge in [0.1, 0.15) is 12.2 Å².